The lowest BCUT2D eigenvalue weighted by molar-refractivity contribution is 0.373. The van der Waals surface area contributed by atoms with Gasteiger partial charge in [0, 0.05) is 17.5 Å². The molecule has 17 heavy (non-hydrogen) atoms. The maximum Gasteiger partial charge on any atom is 0.0443 e. The van der Waals surface area contributed by atoms with Gasteiger partial charge in [0.25, 0.3) is 0 Å². The van der Waals surface area contributed by atoms with Crippen LogP contribution < -0.4 is 5.32 Å². The van der Waals surface area contributed by atoms with Gasteiger partial charge in [-0.05, 0) is 62.7 Å². The lowest BCUT2D eigenvalue weighted by atomic mass is 10.1. The van der Waals surface area contributed by atoms with Gasteiger partial charge in [0.05, 0.1) is 0 Å². The molecular weight excluding hydrogens is 228 g/mol. The van der Waals surface area contributed by atoms with Gasteiger partial charge in [0.2, 0.25) is 0 Å². The molecule has 94 valence electrons. The molecule has 0 bridgehead atoms. The zero-order valence-electron chi connectivity index (χ0n) is 10.6. The molecule has 1 aliphatic carbocycles. The predicted molar refractivity (Wildman–Crippen MR) is 73.4 cm³/mol. The summed E-state index contributed by atoms with van der Waals surface area (Å²) in [6, 6.07) is 5.11. The van der Waals surface area contributed by atoms with Crippen molar-refractivity contribution in [3.63, 3.8) is 0 Å². The maximum atomic E-state index is 3.83. The average Bonchev–Trinajstić information content (AvgIpc) is 2.85. The maximum absolute atomic E-state index is 3.83. The molecule has 1 saturated heterocycles. The van der Waals surface area contributed by atoms with E-state index < -0.39 is 0 Å². The molecule has 0 amide bonds. The van der Waals surface area contributed by atoms with Gasteiger partial charge in [0.1, 0.15) is 0 Å². The molecule has 2 nitrogen and oxygen atoms in total. The van der Waals surface area contributed by atoms with Gasteiger partial charge in [-0.15, -0.1) is 11.3 Å². The van der Waals surface area contributed by atoms with Gasteiger partial charge in [-0.2, -0.15) is 0 Å². The number of thiophene rings is 1. The molecule has 3 heteroatoms. The Kier molecular flexibility index (Phi) is 3.50. The first kappa shape index (κ1) is 11.7. The summed E-state index contributed by atoms with van der Waals surface area (Å²) in [5, 5.41) is 6.03. The van der Waals surface area contributed by atoms with Crippen LogP contribution in [-0.2, 0) is 0 Å². The van der Waals surface area contributed by atoms with Crippen molar-refractivity contribution < 1.29 is 0 Å². The molecule has 3 rings (SSSR count). The zero-order chi connectivity index (χ0) is 11.7. The van der Waals surface area contributed by atoms with Gasteiger partial charge in [0.15, 0.2) is 0 Å². The predicted octanol–water partition coefficient (Wildman–Crippen LogP) is 2.74. The van der Waals surface area contributed by atoms with Crippen LogP contribution in [0.25, 0.3) is 0 Å². The number of nitrogens with zero attached hydrogens (tertiary/aromatic N) is 1. The molecule has 0 aromatic carbocycles. The Bertz CT molecular complexity index is 345. The van der Waals surface area contributed by atoms with Crippen molar-refractivity contribution in [1.29, 1.82) is 0 Å². The van der Waals surface area contributed by atoms with Gasteiger partial charge in [-0.3, -0.25) is 0 Å². The minimum Gasteiger partial charge on any atom is -0.309 e. The topological polar surface area (TPSA) is 15.3 Å². The zero-order valence-corrected chi connectivity index (χ0v) is 11.4. The molecule has 1 aromatic rings. The summed E-state index contributed by atoms with van der Waals surface area (Å²) in [5.41, 5.74) is 0. The number of hydrogen-bond donors (Lipinski definition) is 1. The highest BCUT2D eigenvalue weighted by atomic mass is 32.1. The monoisotopic (exact) mass is 250 g/mol. The quantitative estimate of drug-likeness (QED) is 0.864. The van der Waals surface area contributed by atoms with Crippen LogP contribution >= 0.6 is 11.3 Å². The molecule has 2 fully saturated rings. The van der Waals surface area contributed by atoms with Crippen LogP contribution in [0, 0.1) is 11.8 Å². The molecule has 0 spiro atoms. The van der Waals surface area contributed by atoms with Crippen molar-refractivity contribution in [2.75, 3.05) is 26.7 Å². The standard InChI is InChI=1S/C14H22N2S/c1-16-7-6-11(10-16)9-15-14(12-4-5-12)13-3-2-8-17-13/h2-3,8,11-12,14-15H,4-7,9-10H2,1H3. The number of likely N-dealkylation sites (tertiary alicyclic amines) is 1. The molecule has 1 saturated carbocycles. The van der Waals surface area contributed by atoms with Crippen LogP contribution in [0.1, 0.15) is 30.2 Å². The van der Waals surface area contributed by atoms with Crippen molar-refractivity contribution in [1.82, 2.24) is 10.2 Å². The van der Waals surface area contributed by atoms with Crippen LogP contribution in [0.2, 0.25) is 0 Å². The average molecular weight is 250 g/mol. The van der Waals surface area contributed by atoms with E-state index in [-0.39, 0.29) is 0 Å². The van der Waals surface area contributed by atoms with Crippen molar-refractivity contribution >= 4 is 11.3 Å². The largest absolute Gasteiger partial charge is 0.309 e. The Morgan fingerprint density at radius 3 is 2.94 bits per heavy atom. The van der Waals surface area contributed by atoms with Gasteiger partial charge >= 0.3 is 0 Å². The summed E-state index contributed by atoms with van der Waals surface area (Å²) in [6.07, 6.45) is 4.20. The van der Waals surface area contributed by atoms with Crippen LogP contribution in [0.5, 0.6) is 0 Å². The second kappa shape index (κ2) is 5.09. The molecule has 2 heterocycles. The fourth-order valence-corrected chi connectivity index (χ4v) is 3.78. The van der Waals surface area contributed by atoms with Crippen LogP contribution in [-0.4, -0.2) is 31.6 Å². The van der Waals surface area contributed by atoms with Gasteiger partial charge in [-0.1, -0.05) is 6.07 Å². The Morgan fingerprint density at radius 2 is 2.35 bits per heavy atom. The molecule has 2 atom stereocenters. The van der Waals surface area contributed by atoms with E-state index in [1.807, 2.05) is 11.3 Å². The third kappa shape index (κ3) is 2.90. The summed E-state index contributed by atoms with van der Waals surface area (Å²) < 4.78 is 0. The normalized spacial score (nSPS) is 27.5. The fraction of sp³-hybridized carbons (Fsp3) is 0.714. The minimum atomic E-state index is 0.640. The number of nitrogens with one attached hydrogen (secondary N) is 1. The molecule has 0 radical (unpaired) electrons. The third-order valence-electron chi connectivity index (χ3n) is 4.06. The first-order valence-corrected chi connectivity index (χ1v) is 7.66. The Morgan fingerprint density at radius 1 is 1.47 bits per heavy atom. The van der Waals surface area contributed by atoms with Crippen molar-refractivity contribution in [2.24, 2.45) is 11.8 Å². The first-order valence-electron chi connectivity index (χ1n) is 6.78. The lowest BCUT2D eigenvalue weighted by Crippen LogP contribution is -2.29. The molecule has 1 N–H and O–H groups in total. The Labute approximate surface area is 108 Å². The van der Waals surface area contributed by atoms with E-state index in [0.29, 0.717) is 6.04 Å². The SMILES string of the molecule is CN1CCC(CNC(c2cccs2)C2CC2)C1. The minimum absolute atomic E-state index is 0.640. The summed E-state index contributed by atoms with van der Waals surface area (Å²) in [5.74, 6) is 1.77. The number of hydrogen-bond acceptors (Lipinski definition) is 3. The van der Waals surface area contributed by atoms with Gasteiger partial charge in [-0.25, -0.2) is 0 Å². The Balaban J connectivity index is 1.54. The molecule has 2 aliphatic rings. The Hall–Kier alpha value is -0.380. The fourth-order valence-electron chi connectivity index (χ4n) is 2.88. The van der Waals surface area contributed by atoms with E-state index in [1.165, 1.54) is 38.9 Å². The van der Waals surface area contributed by atoms with E-state index in [2.05, 4.69) is 34.8 Å². The van der Waals surface area contributed by atoms with E-state index in [0.717, 1.165) is 11.8 Å². The van der Waals surface area contributed by atoms with Crippen molar-refractivity contribution in [2.45, 2.75) is 25.3 Å². The van der Waals surface area contributed by atoms with Crippen molar-refractivity contribution in [3.8, 4) is 0 Å². The van der Waals surface area contributed by atoms with Crippen LogP contribution in [0.3, 0.4) is 0 Å². The van der Waals surface area contributed by atoms with Crippen molar-refractivity contribution in [3.05, 3.63) is 22.4 Å². The van der Waals surface area contributed by atoms with E-state index in [4.69, 9.17) is 0 Å². The highest BCUT2D eigenvalue weighted by Gasteiger charge is 2.33. The second-order valence-electron chi connectivity index (χ2n) is 5.66. The highest BCUT2D eigenvalue weighted by Crippen LogP contribution is 2.42. The summed E-state index contributed by atoms with van der Waals surface area (Å²) >= 11 is 1.91. The smallest absolute Gasteiger partial charge is 0.0443 e. The summed E-state index contributed by atoms with van der Waals surface area (Å²) in [6.45, 7) is 3.75. The molecular formula is C14H22N2S. The summed E-state index contributed by atoms with van der Waals surface area (Å²) in [7, 11) is 2.23. The first-order chi connectivity index (χ1) is 8.33. The van der Waals surface area contributed by atoms with Gasteiger partial charge < -0.3 is 10.2 Å². The molecule has 2 unspecified atom stereocenters. The van der Waals surface area contributed by atoms with E-state index >= 15 is 0 Å². The van der Waals surface area contributed by atoms with E-state index in [1.54, 1.807) is 4.88 Å². The summed E-state index contributed by atoms with van der Waals surface area (Å²) in [4.78, 5) is 3.99. The molecule has 1 aliphatic heterocycles. The second-order valence-corrected chi connectivity index (χ2v) is 6.63. The molecule has 1 aromatic heterocycles. The lowest BCUT2D eigenvalue weighted by Gasteiger charge is -2.19. The van der Waals surface area contributed by atoms with E-state index in [9.17, 15) is 0 Å². The highest BCUT2D eigenvalue weighted by molar-refractivity contribution is 7.10. The van der Waals surface area contributed by atoms with Crippen LogP contribution in [0.4, 0.5) is 0 Å². The third-order valence-corrected chi connectivity index (χ3v) is 5.01. The van der Waals surface area contributed by atoms with Crippen LogP contribution in [0.15, 0.2) is 17.5 Å². The number of rotatable bonds is 5.